The van der Waals surface area contributed by atoms with Gasteiger partial charge in [0.15, 0.2) is 0 Å². The third-order valence-electron chi connectivity index (χ3n) is 4.66. The van der Waals surface area contributed by atoms with Crippen LogP contribution >= 0.6 is 0 Å². The van der Waals surface area contributed by atoms with Gasteiger partial charge in [-0.1, -0.05) is 54.6 Å². The zero-order valence-electron chi connectivity index (χ0n) is 15.2. The van der Waals surface area contributed by atoms with E-state index in [1.165, 1.54) is 12.7 Å². The molecule has 1 atom stereocenters. The number of nitrogen functional groups attached to an aromatic ring is 1. The predicted octanol–water partition coefficient (Wildman–Crippen LogP) is 4.38. The molecule has 4 heteroatoms. The van der Waals surface area contributed by atoms with Gasteiger partial charge in [-0.2, -0.15) is 0 Å². The molecule has 0 saturated heterocycles. The van der Waals surface area contributed by atoms with Gasteiger partial charge < -0.3 is 15.4 Å². The molecule has 0 aliphatic carbocycles. The van der Waals surface area contributed by atoms with Gasteiger partial charge in [-0.15, -0.1) is 0 Å². The molecule has 0 unspecified atom stereocenters. The van der Waals surface area contributed by atoms with E-state index >= 15 is 0 Å². The lowest BCUT2D eigenvalue weighted by Crippen LogP contribution is -2.34. The molecular weight excluding hydrogens is 324 g/mol. The minimum atomic E-state index is -0.213. The summed E-state index contributed by atoms with van der Waals surface area (Å²) in [6.07, 6.45) is 0.321. The maximum atomic E-state index is 11.9. The summed E-state index contributed by atoms with van der Waals surface area (Å²) in [6.45, 7) is 2.75. The first kappa shape index (κ1) is 17.8. The number of anilines is 2. The van der Waals surface area contributed by atoms with Crippen LogP contribution in [-0.2, 0) is 16.1 Å². The zero-order valence-corrected chi connectivity index (χ0v) is 15.2. The number of fused-ring (bicyclic) bond motifs is 1. The maximum absolute atomic E-state index is 11.9. The van der Waals surface area contributed by atoms with Gasteiger partial charge in [-0.3, -0.25) is 4.79 Å². The summed E-state index contributed by atoms with van der Waals surface area (Å²) in [5.74, 6) is -0.213. The van der Waals surface area contributed by atoms with Crippen LogP contribution < -0.4 is 10.6 Å². The number of ether oxygens (including phenoxy) is 1. The third kappa shape index (κ3) is 3.80. The highest BCUT2D eigenvalue weighted by Gasteiger charge is 2.20. The molecule has 0 bridgehead atoms. The molecule has 3 rings (SSSR count). The fourth-order valence-electron chi connectivity index (χ4n) is 3.25. The SMILES string of the molecule is COC(=O)C[C@H](C)N(Cc1ccccc1)c1ccc(N)c2ccccc12. The molecular formula is C22H24N2O2. The lowest BCUT2D eigenvalue weighted by molar-refractivity contribution is -0.140. The van der Waals surface area contributed by atoms with E-state index in [-0.39, 0.29) is 12.0 Å². The second-order valence-electron chi connectivity index (χ2n) is 6.46. The molecule has 3 aromatic carbocycles. The van der Waals surface area contributed by atoms with E-state index in [1.54, 1.807) is 0 Å². The van der Waals surface area contributed by atoms with Crippen LogP contribution in [0, 0.1) is 0 Å². The van der Waals surface area contributed by atoms with Gasteiger partial charge in [0.1, 0.15) is 0 Å². The Bertz CT molecular complexity index is 893. The van der Waals surface area contributed by atoms with Crippen LogP contribution in [0.25, 0.3) is 10.8 Å². The molecule has 26 heavy (non-hydrogen) atoms. The number of esters is 1. The van der Waals surface area contributed by atoms with Gasteiger partial charge in [-0.25, -0.2) is 0 Å². The van der Waals surface area contributed by atoms with E-state index in [0.717, 1.165) is 22.1 Å². The Morgan fingerprint density at radius 1 is 1.00 bits per heavy atom. The first-order valence-corrected chi connectivity index (χ1v) is 8.74. The molecule has 134 valence electrons. The standard InChI is InChI=1S/C22H24N2O2/c1-16(14-22(25)26-2)24(15-17-8-4-3-5-9-17)21-13-12-20(23)18-10-6-7-11-19(18)21/h3-13,16H,14-15,23H2,1-2H3/t16-/m0/s1. The Hall–Kier alpha value is -3.01. The molecule has 4 nitrogen and oxygen atoms in total. The van der Waals surface area contributed by atoms with Crippen molar-refractivity contribution in [3.05, 3.63) is 72.3 Å². The third-order valence-corrected chi connectivity index (χ3v) is 4.66. The van der Waals surface area contributed by atoms with Gasteiger partial charge >= 0.3 is 5.97 Å². The molecule has 0 aromatic heterocycles. The maximum Gasteiger partial charge on any atom is 0.307 e. The number of nitrogens with zero attached hydrogens (tertiary/aromatic N) is 1. The summed E-state index contributed by atoms with van der Waals surface area (Å²) < 4.78 is 4.88. The zero-order chi connectivity index (χ0) is 18.5. The molecule has 0 saturated carbocycles. The van der Waals surface area contributed by atoms with Crippen molar-refractivity contribution in [3.8, 4) is 0 Å². The van der Waals surface area contributed by atoms with Crippen LogP contribution in [0.2, 0.25) is 0 Å². The Morgan fingerprint density at radius 2 is 1.65 bits per heavy atom. The quantitative estimate of drug-likeness (QED) is 0.530. The van der Waals surface area contributed by atoms with Crippen molar-refractivity contribution in [2.45, 2.75) is 25.9 Å². The van der Waals surface area contributed by atoms with E-state index in [2.05, 4.69) is 23.1 Å². The van der Waals surface area contributed by atoms with Crippen LogP contribution in [-0.4, -0.2) is 19.1 Å². The van der Waals surface area contributed by atoms with Crippen LogP contribution in [0.4, 0.5) is 11.4 Å². The number of carbonyl (C=O) groups excluding carboxylic acids is 1. The molecule has 3 aromatic rings. The summed E-state index contributed by atoms with van der Waals surface area (Å²) in [5.41, 5.74) is 9.17. The fourth-order valence-corrected chi connectivity index (χ4v) is 3.25. The smallest absolute Gasteiger partial charge is 0.307 e. The number of methoxy groups -OCH3 is 1. The number of nitrogens with two attached hydrogens (primary N) is 1. The van der Waals surface area contributed by atoms with Crippen molar-refractivity contribution >= 4 is 28.1 Å². The first-order valence-electron chi connectivity index (χ1n) is 8.74. The van der Waals surface area contributed by atoms with Gasteiger partial charge in [-0.05, 0) is 24.6 Å². The minimum absolute atomic E-state index is 0.0188. The Morgan fingerprint density at radius 3 is 2.35 bits per heavy atom. The molecule has 0 aliphatic heterocycles. The molecule has 0 heterocycles. The van der Waals surface area contributed by atoms with Crippen LogP contribution in [0.15, 0.2) is 66.7 Å². The Labute approximate surface area is 154 Å². The minimum Gasteiger partial charge on any atom is -0.469 e. The van der Waals surface area contributed by atoms with E-state index < -0.39 is 0 Å². The second-order valence-corrected chi connectivity index (χ2v) is 6.46. The highest BCUT2D eigenvalue weighted by atomic mass is 16.5. The van der Waals surface area contributed by atoms with Gasteiger partial charge in [0.2, 0.25) is 0 Å². The van der Waals surface area contributed by atoms with Crippen molar-refractivity contribution in [2.24, 2.45) is 0 Å². The highest BCUT2D eigenvalue weighted by Crippen LogP contribution is 2.33. The van der Waals surface area contributed by atoms with Gasteiger partial charge in [0, 0.05) is 34.7 Å². The van der Waals surface area contributed by atoms with Crippen molar-refractivity contribution < 1.29 is 9.53 Å². The highest BCUT2D eigenvalue weighted by molar-refractivity contribution is 6.01. The summed E-state index contributed by atoms with van der Waals surface area (Å²) >= 11 is 0. The van der Waals surface area contributed by atoms with Crippen LogP contribution in [0.5, 0.6) is 0 Å². The van der Waals surface area contributed by atoms with Crippen LogP contribution in [0.3, 0.4) is 0 Å². The summed E-state index contributed by atoms with van der Waals surface area (Å²) in [5, 5.41) is 2.11. The molecule has 0 aliphatic rings. The monoisotopic (exact) mass is 348 g/mol. The van der Waals surface area contributed by atoms with Crippen molar-refractivity contribution in [3.63, 3.8) is 0 Å². The number of benzene rings is 3. The number of carbonyl (C=O) groups is 1. The van der Waals surface area contributed by atoms with Gasteiger partial charge in [0.05, 0.1) is 13.5 Å². The number of hydrogen-bond donors (Lipinski definition) is 1. The Kier molecular flexibility index (Phi) is 5.42. The molecule has 0 fully saturated rings. The first-order chi connectivity index (χ1) is 12.6. The topological polar surface area (TPSA) is 55.6 Å². The van der Waals surface area contributed by atoms with Crippen molar-refractivity contribution in [1.82, 2.24) is 0 Å². The lowest BCUT2D eigenvalue weighted by atomic mass is 10.0. The molecule has 0 amide bonds. The van der Waals surface area contributed by atoms with E-state index in [4.69, 9.17) is 10.5 Å². The summed E-state index contributed by atoms with van der Waals surface area (Å²) in [6, 6.07) is 22.3. The predicted molar refractivity (Wildman–Crippen MR) is 107 cm³/mol. The summed E-state index contributed by atoms with van der Waals surface area (Å²) in [4.78, 5) is 14.1. The second kappa shape index (κ2) is 7.91. The van der Waals surface area contributed by atoms with Crippen LogP contribution in [0.1, 0.15) is 18.9 Å². The molecule has 0 radical (unpaired) electrons. The largest absolute Gasteiger partial charge is 0.469 e. The number of hydrogen-bond acceptors (Lipinski definition) is 4. The molecule has 2 N–H and O–H groups in total. The van der Waals surface area contributed by atoms with E-state index in [1.807, 2.05) is 55.5 Å². The molecule has 0 spiro atoms. The average Bonchev–Trinajstić information content (AvgIpc) is 2.67. The lowest BCUT2D eigenvalue weighted by Gasteiger charge is -2.32. The fraction of sp³-hybridized carbons (Fsp3) is 0.227. The van der Waals surface area contributed by atoms with Crippen molar-refractivity contribution in [1.29, 1.82) is 0 Å². The normalized spacial score (nSPS) is 11.9. The average molecular weight is 348 g/mol. The van der Waals surface area contributed by atoms with E-state index in [9.17, 15) is 4.79 Å². The number of rotatable bonds is 6. The van der Waals surface area contributed by atoms with Crippen molar-refractivity contribution in [2.75, 3.05) is 17.7 Å². The van der Waals surface area contributed by atoms with Gasteiger partial charge in [0.25, 0.3) is 0 Å². The van der Waals surface area contributed by atoms with E-state index in [0.29, 0.717) is 13.0 Å². The Balaban J connectivity index is 2.05. The summed E-state index contributed by atoms with van der Waals surface area (Å²) in [7, 11) is 1.43.